The molecule has 0 aliphatic heterocycles. The van der Waals surface area contributed by atoms with Crippen molar-refractivity contribution in [3.05, 3.63) is 29.3 Å². The molecule has 0 radical (unpaired) electrons. The summed E-state index contributed by atoms with van der Waals surface area (Å²) in [7, 11) is 0. The fraction of sp³-hybridized carbons (Fsp3) is 0.467. The van der Waals surface area contributed by atoms with Crippen molar-refractivity contribution in [1.82, 2.24) is 5.32 Å². The van der Waals surface area contributed by atoms with Gasteiger partial charge in [-0.25, -0.2) is 4.79 Å². The van der Waals surface area contributed by atoms with Gasteiger partial charge in [0.1, 0.15) is 11.3 Å². The molecule has 5 nitrogen and oxygen atoms in total. The van der Waals surface area contributed by atoms with Gasteiger partial charge < -0.3 is 15.2 Å². The molecule has 0 unspecified atom stereocenters. The molecule has 0 aromatic heterocycles. The summed E-state index contributed by atoms with van der Waals surface area (Å²) in [5.41, 5.74) is -1.15. The Hall–Kier alpha value is -1.75. The summed E-state index contributed by atoms with van der Waals surface area (Å²) in [6, 6.07) is 6.71. The molecule has 2 rings (SSSR count). The van der Waals surface area contributed by atoms with Gasteiger partial charge in [-0.15, -0.1) is 0 Å². The van der Waals surface area contributed by atoms with Crippen LogP contribution in [0.25, 0.3) is 0 Å². The highest BCUT2D eigenvalue weighted by atomic mass is 35.5. The van der Waals surface area contributed by atoms with E-state index in [1.54, 1.807) is 24.3 Å². The molecule has 1 aliphatic carbocycles. The predicted molar refractivity (Wildman–Crippen MR) is 78.5 cm³/mol. The lowest BCUT2D eigenvalue weighted by atomic mass is 9.81. The van der Waals surface area contributed by atoms with E-state index in [1.807, 2.05) is 0 Å². The number of amides is 1. The summed E-state index contributed by atoms with van der Waals surface area (Å²) in [6.45, 7) is -0.227. The summed E-state index contributed by atoms with van der Waals surface area (Å²) >= 11 is 5.82. The first-order valence-electron chi connectivity index (χ1n) is 6.95. The fourth-order valence-electron chi connectivity index (χ4n) is 2.56. The van der Waals surface area contributed by atoms with Crippen molar-refractivity contribution in [1.29, 1.82) is 0 Å². The molecule has 1 aliphatic rings. The van der Waals surface area contributed by atoms with Crippen molar-refractivity contribution in [2.45, 2.75) is 37.6 Å². The second kappa shape index (κ2) is 6.80. The zero-order chi connectivity index (χ0) is 15.3. The standard InChI is InChI=1S/C15H18ClNO4/c16-11-5-4-6-12(9-11)21-10-13(18)17-15(14(19)20)7-2-1-3-8-15/h4-6,9H,1-3,7-8,10H2,(H,17,18)(H,19,20). The first-order chi connectivity index (χ1) is 10.0. The molecule has 0 atom stereocenters. The number of hydrogen-bond donors (Lipinski definition) is 2. The number of hydrogen-bond acceptors (Lipinski definition) is 3. The number of benzene rings is 1. The molecule has 1 aromatic rings. The third-order valence-electron chi connectivity index (χ3n) is 3.66. The number of nitrogens with one attached hydrogen (secondary N) is 1. The van der Waals surface area contributed by atoms with Crippen molar-refractivity contribution in [2.24, 2.45) is 0 Å². The Labute approximate surface area is 128 Å². The highest BCUT2D eigenvalue weighted by Gasteiger charge is 2.40. The van der Waals surface area contributed by atoms with Gasteiger partial charge >= 0.3 is 5.97 Å². The average molecular weight is 312 g/mol. The molecule has 1 amide bonds. The van der Waals surface area contributed by atoms with Gasteiger partial charge in [-0.1, -0.05) is 36.9 Å². The summed E-state index contributed by atoms with van der Waals surface area (Å²) in [6.07, 6.45) is 3.55. The van der Waals surface area contributed by atoms with Gasteiger partial charge in [0.25, 0.3) is 5.91 Å². The monoisotopic (exact) mass is 311 g/mol. The molecule has 1 aromatic carbocycles. The zero-order valence-corrected chi connectivity index (χ0v) is 12.4. The van der Waals surface area contributed by atoms with Crippen molar-refractivity contribution in [3.8, 4) is 5.75 Å². The molecule has 114 valence electrons. The van der Waals surface area contributed by atoms with Gasteiger partial charge in [-0.3, -0.25) is 4.79 Å². The van der Waals surface area contributed by atoms with E-state index in [-0.39, 0.29) is 6.61 Å². The Bertz CT molecular complexity index is 526. The zero-order valence-electron chi connectivity index (χ0n) is 11.6. The Morgan fingerprint density at radius 1 is 1.29 bits per heavy atom. The number of rotatable bonds is 5. The van der Waals surface area contributed by atoms with Crippen LogP contribution >= 0.6 is 11.6 Å². The topological polar surface area (TPSA) is 75.6 Å². The van der Waals surface area contributed by atoms with Crippen LogP contribution in [-0.4, -0.2) is 29.1 Å². The highest BCUT2D eigenvalue weighted by molar-refractivity contribution is 6.30. The third kappa shape index (κ3) is 4.11. The molecule has 6 heteroatoms. The van der Waals surface area contributed by atoms with E-state index < -0.39 is 17.4 Å². The smallest absolute Gasteiger partial charge is 0.329 e. The summed E-state index contributed by atoms with van der Waals surface area (Å²) in [4.78, 5) is 23.4. The maximum absolute atomic E-state index is 11.9. The van der Waals surface area contributed by atoms with Gasteiger partial charge in [0.15, 0.2) is 6.61 Å². The molecular formula is C15H18ClNO4. The largest absolute Gasteiger partial charge is 0.484 e. The normalized spacial score (nSPS) is 17.0. The molecule has 0 bridgehead atoms. The van der Waals surface area contributed by atoms with Crippen LogP contribution in [0, 0.1) is 0 Å². The highest BCUT2D eigenvalue weighted by Crippen LogP contribution is 2.28. The van der Waals surface area contributed by atoms with E-state index in [0.717, 1.165) is 19.3 Å². The van der Waals surface area contributed by atoms with Crippen molar-refractivity contribution in [3.63, 3.8) is 0 Å². The molecule has 1 fully saturated rings. The van der Waals surface area contributed by atoms with Crippen LogP contribution in [0.4, 0.5) is 0 Å². The average Bonchev–Trinajstić information content (AvgIpc) is 2.46. The Morgan fingerprint density at radius 3 is 2.62 bits per heavy atom. The van der Waals surface area contributed by atoms with E-state index in [0.29, 0.717) is 23.6 Å². The van der Waals surface area contributed by atoms with Crippen molar-refractivity contribution in [2.75, 3.05) is 6.61 Å². The van der Waals surface area contributed by atoms with Crippen LogP contribution in [0.2, 0.25) is 5.02 Å². The second-order valence-corrected chi connectivity index (χ2v) is 5.68. The Balaban J connectivity index is 1.92. The molecule has 0 spiro atoms. The lowest BCUT2D eigenvalue weighted by molar-refractivity contribution is -0.149. The maximum atomic E-state index is 11.9. The van der Waals surface area contributed by atoms with E-state index in [9.17, 15) is 14.7 Å². The van der Waals surface area contributed by atoms with Gasteiger partial charge in [0.2, 0.25) is 0 Å². The predicted octanol–water partition coefficient (Wildman–Crippen LogP) is 2.62. The lowest BCUT2D eigenvalue weighted by Crippen LogP contribution is -2.56. The third-order valence-corrected chi connectivity index (χ3v) is 3.90. The van der Waals surface area contributed by atoms with Gasteiger partial charge in [-0.2, -0.15) is 0 Å². The number of halogens is 1. The fourth-order valence-corrected chi connectivity index (χ4v) is 2.74. The minimum absolute atomic E-state index is 0.227. The number of carbonyl (C=O) groups excluding carboxylic acids is 1. The minimum Gasteiger partial charge on any atom is -0.484 e. The maximum Gasteiger partial charge on any atom is 0.329 e. The van der Waals surface area contributed by atoms with E-state index >= 15 is 0 Å². The van der Waals surface area contributed by atoms with Gasteiger partial charge in [0, 0.05) is 5.02 Å². The molecule has 21 heavy (non-hydrogen) atoms. The lowest BCUT2D eigenvalue weighted by Gasteiger charge is -2.33. The first-order valence-corrected chi connectivity index (χ1v) is 7.32. The molecular weight excluding hydrogens is 294 g/mol. The van der Waals surface area contributed by atoms with Crippen LogP contribution in [0.5, 0.6) is 5.75 Å². The van der Waals surface area contributed by atoms with E-state index in [2.05, 4.69) is 5.32 Å². The number of carboxylic acid groups (broad SMARTS) is 1. The van der Waals surface area contributed by atoms with Gasteiger partial charge in [0.05, 0.1) is 0 Å². The number of aliphatic carboxylic acids is 1. The summed E-state index contributed by atoms with van der Waals surface area (Å²) in [5, 5.41) is 12.5. The number of carbonyl (C=O) groups is 2. The van der Waals surface area contributed by atoms with Crippen LogP contribution in [0.15, 0.2) is 24.3 Å². The Morgan fingerprint density at radius 2 is 2.00 bits per heavy atom. The summed E-state index contributed by atoms with van der Waals surface area (Å²) in [5.74, 6) is -0.928. The van der Waals surface area contributed by atoms with E-state index in [4.69, 9.17) is 16.3 Å². The number of ether oxygens (including phenoxy) is 1. The quantitative estimate of drug-likeness (QED) is 0.876. The SMILES string of the molecule is O=C(COc1cccc(Cl)c1)NC1(C(=O)O)CCCCC1. The van der Waals surface area contributed by atoms with Crippen LogP contribution < -0.4 is 10.1 Å². The second-order valence-electron chi connectivity index (χ2n) is 5.24. The molecule has 2 N–H and O–H groups in total. The molecule has 0 saturated heterocycles. The first kappa shape index (κ1) is 15.6. The molecule has 0 heterocycles. The number of carboxylic acids is 1. The van der Waals surface area contributed by atoms with E-state index in [1.165, 1.54) is 0 Å². The Kier molecular flexibility index (Phi) is 5.07. The van der Waals surface area contributed by atoms with Crippen molar-refractivity contribution < 1.29 is 19.4 Å². The van der Waals surface area contributed by atoms with Crippen LogP contribution in [0.3, 0.4) is 0 Å². The van der Waals surface area contributed by atoms with Gasteiger partial charge in [-0.05, 0) is 31.0 Å². The molecule has 1 saturated carbocycles. The van der Waals surface area contributed by atoms with Crippen LogP contribution in [0.1, 0.15) is 32.1 Å². The summed E-state index contributed by atoms with van der Waals surface area (Å²) < 4.78 is 5.33. The minimum atomic E-state index is -1.15. The van der Waals surface area contributed by atoms with Crippen molar-refractivity contribution >= 4 is 23.5 Å². The van der Waals surface area contributed by atoms with Crippen LogP contribution in [-0.2, 0) is 9.59 Å².